The number of ether oxygens (including phenoxy) is 1. The highest BCUT2D eigenvalue weighted by Crippen LogP contribution is 2.31. The third-order valence-electron chi connectivity index (χ3n) is 7.86. The lowest BCUT2D eigenvalue weighted by Crippen LogP contribution is -2.35. The van der Waals surface area contributed by atoms with Gasteiger partial charge in [-0.05, 0) is 65.6 Å². The Morgan fingerprint density at radius 3 is 2.61 bits per heavy atom. The van der Waals surface area contributed by atoms with E-state index in [4.69, 9.17) is 10.5 Å². The third-order valence-corrected chi connectivity index (χ3v) is 9.68. The van der Waals surface area contributed by atoms with Gasteiger partial charge in [0.1, 0.15) is 17.7 Å². The zero-order valence-corrected chi connectivity index (χ0v) is 25.7. The Balaban J connectivity index is 1.61. The summed E-state index contributed by atoms with van der Waals surface area (Å²) in [6.07, 6.45) is 0.381. The van der Waals surface area contributed by atoms with Crippen LogP contribution in [0, 0.1) is 12.7 Å². The molecule has 0 radical (unpaired) electrons. The van der Waals surface area contributed by atoms with Crippen molar-refractivity contribution < 1.29 is 27.1 Å². The number of sulfone groups is 1. The number of carbonyl (C=O) groups is 2. The summed E-state index contributed by atoms with van der Waals surface area (Å²) in [7, 11) is -2.08. The van der Waals surface area contributed by atoms with Gasteiger partial charge in [-0.25, -0.2) is 22.6 Å². The van der Waals surface area contributed by atoms with Gasteiger partial charge in [-0.15, -0.1) is 0 Å². The van der Waals surface area contributed by atoms with E-state index >= 15 is 0 Å². The Morgan fingerprint density at radius 1 is 1.11 bits per heavy atom. The topological polar surface area (TPSA) is 144 Å². The number of nitrogens with zero attached hydrogens (tertiary/aromatic N) is 2. The second kappa shape index (κ2) is 12.1. The second-order valence-electron chi connectivity index (χ2n) is 11.0. The standard InChI is InChI=1S/C32H34FN5O5S/c1-5-44(41,42)28-11-8-22-13-21(28)16-38(4)31(39)29(36-23-7-10-25-26(14-23)27(33)15-35-30(25)34)20-6-9-24(18(2)12-20)19(3)17-43-32(40)37-22/h6-15,19,29,36H,5,16-17H2,1-4H3,(H2,34,35)(H,37,40). The highest BCUT2D eigenvalue weighted by Gasteiger charge is 2.28. The molecule has 0 saturated carbocycles. The number of nitrogen functional groups attached to an aromatic ring is 1. The van der Waals surface area contributed by atoms with Gasteiger partial charge in [0.25, 0.3) is 0 Å². The number of benzene rings is 3. The van der Waals surface area contributed by atoms with Gasteiger partial charge in [-0.2, -0.15) is 0 Å². The van der Waals surface area contributed by atoms with E-state index in [0.717, 1.165) is 17.3 Å². The molecule has 0 fully saturated rings. The number of aromatic nitrogens is 1. The predicted molar refractivity (Wildman–Crippen MR) is 168 cm³/mol. The molecule has 0 aliphatic carbocycles. The van der Waals surface area contributed by atoms with Crippen molar-refractivity contribution in [2.75, 3.05) is 35.8 Å². The third kappa shape index (κ3) is 6.16. The normalized spacial score (nSPS) is 17.8. The number of hydrogen-bond donors (Lipinski definition) is 3. The molecule has 0 spiro atoms. The average molecular weight is 620 g/mol. The fourth-order valence-corrected chi connectivity index (χ4v) is 6.55. The number of nitrogens with two attached hydrogens (primary N) is 1. The van der Waals surface area contributed by atoms with Crippen molar-refractivity contribution in [1.29, 1.82) is 0 Å². The first-order valence-corrected chi connectivity index (χ1v) is 15.8. The van der Waals surface area contributed by atoms with Gasteiger partial charge in [0.15, 0.2) is 9.84 Å². The molecule has 12 heteroatoms. The maximum Gasteiger partial charge on any atom is 0.411 e. The molecule has 6 rings (SSSR count). The lowest BCUT2D eigenvalue weighted by molar-refractivity contribution is -0.131. The van der Waals surface area contributed by atoms with Gasteiger partial charge in [-0.1, -0.05) is 32.0 Å². The number of rotatable bonds is 4. The molecular formula is C32H34FN5O5S. The number of carbonyl (C=O) groups excluding carboxylic acids is 2. The van der Waals surface area contributed by atoms with Crippen molar-refractivity contribution in [1.82, 2.24) is 9.88 Å². The molecule has 44 heavy (non-hydrogen) atoms. The number of nitrogens with one attached hydrogen (secondary N) is 2. The Bertz CT molecular complexity index is 1880. The molecular weight excluding hydrogens is 585 g/mol. The Morgan fingerprint density at radius 2 is 1.89 bits per heavy atom. The highest BCUT2D eigenvalue weighted by molar-refractivity contribution is 7.91. The largest absolute Gasteiger partial charge is 0.449 e. The van der Waals surface area contributed by atoms with E-state index in [9.17, 15) is 22.4 Å². The van der Waals surface area contributed by atoms with Crippen LogP contribution in [0.1, 0.15) is 48.1 Å². The maximum absolute atomic E-state index is 14.7. The van der Waals surface area contributed by atoms with E-state index in [1.807, 2.05) is 32.0 Å². The number of fused-ring (bicyclic) bond motifs is 10. The number of pyridine rings is 1. The summed E-state index contributed by atoms with van der Waals surface area (Å²) >= 11 is 0. The zero-order chi connectivity index (χ0) is 31.8. The maximum atomic E-state index is 14.7. The van der Waals surface area contributed by atoms with Crippen LogP contribution in [-0.4, -0.2) is 49.7 Å². The molecule has 2 aliphatic heterocycles. The van der Waals surface area contributed by atoms with Crippen LogP contribution in [0.5, 0.6) is 0 Å². The van der Waals surface area contributed by atoms with Crippen LogP contribution in [0.15, 0.2) is 65.7 Å². The second-order valence-corrected chi connectivity index (χ2v) is 13.2. The zero-order valence-electron chi connectivity index (χ0n) is 24.8. The first-order valence-electron chi connectivity index (χ1n) is 14.1. The van der Waals surface area contributed by atoms with Gasteiger partial charge in [0.05, 0.1) is 23.5 Å². The van der Waals surface area contributed by atoms with Crippen molar-refractivity contribution in [2.45, 2.75) is 44.2 Å². The molecule has 2 atom stereocenters. The summed E-state index contributed by atoms with van der Waals surface area (Å²) in [5, 5.41) is 6.63. The summed E-state index contributed by atoms with van der Waals surface area (Å²) in [6, 6.07) is 14.1. The van der Waals surface area contributed by atoms with Crippen molar-refractivity contribution in [2.24, 2.45) is 0 Å². The minimum atomic E-state index is -3.66. The minimum absolute atomic E-state index is 0.0641. The van der Waals surface area contributed by atoms with Crippen LogP contribution in [0.2, 0.25) is 0 Å². The van der Waals surface area contributed by atoms with Crippen LogP contribution in [-0.2, 0) is 25.9 Å². The molecule has 3 heterocycles. The van der Waals surface area contributed by atoms with Gasteiger partial charge in [0, 0.05) is 41.7 Å². The Labute approximate surface area is 255 Å². The quantitative estimate of drug-likeness (QED) is 0.270. The number of aryl methyl sites for hydroxylation is 1. The van der Waals surface area contributed by atoms with E-state index in [1.54, 1.807) is 32.2 Å². The van der Waals surface area contributed by atoms with E-state index < -0.39 is 27.8 Å². The molecule has 2 aliphatic rings. The van der Waals surface area contributed by atoms with Crippen molar-refractivity contribution in [3.63, 3.8) is 0 Å². The van der Waals surface area contributed by atoms with Gasteiger partial charge in [-0.3, -0.25) is 10.1 Å². The molecule has 3 aromatic carbocycles. The van der Waals surface area contributed by atoms with Crippen LogP contribution >= 0.6 is 0 Å². The summed E-state index contributed by atoms with van der Waals surface area (Å²) < 4.78 is 46.1. The van der Waals surface area contributed by atoms with Crippen LogP contribution in [0.4, 0.5) is 26.4 Å². The molecule has 2 amide bonds. The molecule has 4 aromatic rings. The monoisotopic (exact) mass is 619 g/mol. The molecule has 10 nitrogen and oxygen atoms in total. The lowest BCUT2D eigenvalue weighted by Gasteiger charge is -2.28. The van der Waals surface area contributed by atoms with Crippen molar-refractivity contribution in [3.05, 3.63) is 88.9 Å². The molecule has 0 saturated heterocycles. The predicted octanol–water partition coefficient (Wildman–Crippen LogP) is 5.54. The molecule has 4 N–H and O–H groups in total. The van der Waals surface area contributed by atoms with Crippen molar-refractivity contribution in [3.8, 4) is 0 Å². The fraction of sp³-hybridized carbons (Fsp3) is 0.281. The Hall–Kier alpha value is -4.71. The average Bonchev–Trinajstić information content (AvgIpc) is 2.99. The lowest BCUT2D eigenvalue weighted by atomic mass is 9.93. The number of likely N-dealkylation sites (N-methyl/N-ethyl adjacent to an activating group) is 1. The number of hydrogen-bond acceptors (Lipinski definition) is 8. The van der Waals surface area contributed by atoms with Gasteiger partial charge >= 0.3 is 6.09 Å². The van der Waals surface area contributed by atoms with Gasteiger partial charge in [0.2, 0.25) is 5.91 Å². The number of anilines is 3. The van der Waals surface area contributed by atoms with Crippen LogP contribution < -0.4 is 16.4 Å². The van der Waals surface area contributed by atoms with Crippen molar-refractivity contribution >= 4 is 49.8 Å². The van der Waals surface area contributed by atoms with Gasteiger partial charge < -0.3 is 20.7 Å². The Kier molecular flexibility index (Phi) is 8.46. The van der Waals surface area contributed by atoms with E-state index in [2.05, 4.69) is 15.6 Å². The first-order chi connectivity index (χ1) is 20.9. The fourth-order valence-electron chi connectivity index (χ4n) is 5.44. The summed E-state index contributed by atoms with van der Waals surface area (Å²) in [6.45, 7) is 5.42. The summed E-state index contributed by atoms with van der Waals surface area (Å²) in [5.74, 6) is -1.01. The molecule has 1 aromatic heterocycles. The SMILES string of the molecule is CCS(=O)(=O)c1ccc2cc1CN(C)C(=O)C(Nc1ccc3c(N)ncc(F)c3c1)c1ccc(c(C)c1)C(C)COC(=O)N2. The first kappa shape index (κ1) is 30.7. The molecule has 2 unspecified atom stereocenters. The molecule has 230 valence electrons. The smallest absolute Gasteiger partial charge is 0.411 e. The van der Waals surface area contributed by atoms with E-state index in [0.29, 0.717) is 27.9 Å². The highest BCUT2D eigenvalue weighted by atomic mass is 32.2. The minimum Gasteiger partial charge on any atom is -0.449 e. The number of amides is 2. The summed E-state index contributed by atoms with van der Waals surface area (Å²) in [4.78, 5) is 32.2. The van der Waals surface area contributed by atoms with Crippen LogP contribution in [0.25, 0.3) is 10.8 Å². The number of halogens is 1. The van der Waals surface area contributed by atoms with E-state index in [1.165, 1.54) is 23.1 Å². The van der Waals surface area contributed by atoms with E-state index in [-0.39, 0.29) is 46.8 Å². The summed E-state index contributed by atoms with van der Waals surface area (Å²) in [5.41, 5.74) is 9.57. The molecule has 4 bridgehead atoms. The van der Waals surface area contributed by atoms with Crippen LogP contribution in [0.3, 0.4) is 0 Å².